The first-order valence-corrected chi connectivity index (χ1v) is 9.34. The van der Waals surface area contributed by atoms with Crippen molar-refractivity contribution in [1.82, 2.24) is 4.90 Å². The summed E-state index contributed by atoms with van der Waals surface area (Å²) < 4.78 is 27.7. The molecule has 0 unspecified atom stereocenters. The second kappa shape index (κ2) is 8.33. The Hall–Kier alpha value is -2.69. The standard InChI is InChI=1S/C22H24F2N2O/c1-3-5-15(6-4-2)16-7-9-17(10-8-16)25-22(27)26-13-18-19(14-26)21(24)12-11-20(18)23/h5,7-12H,3-4,6,13-14H2,1-2H3,(H,25,27)/b15-5+. The fourth-order valence-corrected chi connectivity index (χ4v) is 3.41. The van der Waals surface area contributed by atoms with Crippen LogP contribution in [-0.2, 0) is 13.1 Å². The summed E-state index contributed by atoms with van der Waals surface area (Å²) in [5.41, 5.74) is 3.63. The number of amides is 2. The van der Waals surface area contributed by atoms with Gasteiger partial charge in [0, 0.05) is 16.8 Å². The zero-order valence-corrected chi connectivity index (χ0v) is 15.7. The van der Waals surface area contributed by atoms with Crippen LogP contribution in [-0.4, -0.2) is 10.9 Å². The van der Waals surface area contributed by atoms with Crippen LogP contribution in [0.15, 0.2) is 42.5 Å². The Kier molecular flexibility index (Phi) is 5.89. The molecule has 1 aliphatic rings. The van der Waals surface area contributed by atoms with Gasteiger partial charge in [0.25, 0.3) is 0 Å². The molecule has 2 amide bonds. The Morgan fingerprint density at radius 1 is 1.04 bits per heavy atom. The van der Waals surface area contributed by atoms with Crippen LogP contribution in [0.1, 0.15) is 49.8 Å². The second-order valence-corrected chi connectivity index (χ2v) is 6.74. The van der Waals surface area contributed by atoms with Gasteiger partial charge in [0.1, 0.15) is 11.6 Å². The van der Waals surface area contributed by atoms with E-state index < -0.39 is 11.6 Å². The van der Waals surface area contributed by atoms with Crippen molar-refractivity contribution in [3.63, 3.8) is 0 Å². The maximum atomic E-state index is 13.8. The van der Waals surface area contributed by atoms with Gasteiger partial charge in [-0.25, -0.2) is 13.6 Å². The third-order valence-corrected chi connectivity index (χ3v) is 4.78. The third-order valence-electron chi connectivity index (χ3n) is 4.78. The van der Waals surface area contributed by atoms with E-state index in [4.69, 9.17) is 0 Å². The van der Waals surface area contributed by atoms with Gasteiger partial charge < -0.3 is 10.2 Å². The lowest BCUT2D eigenvalue weighted by molar-refractivity contribution is 0.212. The van der Waals surface area contributed by atoms with Gasteiger partial charge in [-0.2, -0.15) is 0 Å². The van der Waals surface area contributed by atoms with E-state index >= 15 is 0 Å². The summed E-state index contributed by atoms with van der Waals surface area (Å²) in [6.45, 7) is 4.41. The van der Waals surface area contributed by atoms with Gasteiger partial charge in [0.15, 0.2) is 0 Å². The van der Waals surface area contributed by atoms with Gasteiger partial charge in [0.05, 0.1) is 13.1 Å². The predicted octanol–water partition coefficient (Wildman–Crippen LogP) is 6.11. The smallest absolute Gasteiger partial charge is 0.316 e. The Bertz CT molecular complexity index is 828. The number of urea groups is 1. The molecule has 5 heteroatoms. The van der Waals surface area contributed by atoms with Crippen LogP contribution < -0.4 is 5.32 Å². The maximum Gasteiger partial charge on any atom is 0.322 e. The SMILES string of the molecule is CC/C=C(\CCC)c1ccc(NC(=O)N2Cc3c(F)ccc(F)c3C2)cc1. The monoisotopic (exact) mass is 370 g/mol. The number of hydrogen-bond acceptors (Lipinski definition) is 1. The van der Waals surface area contributed by atoms with E-state index in [1.807, 2.05) is 24.3 Å². The minimum atomic E-state index is -0.475. The number of nitrogens with one attached hydrogen (secondary N) is 1. The first-order valence-electron chi connectivity index (χ1n) is 9.34. The topological polar surface area (TPSA) is 32.3 Å². The molecule has 1 aliphatic heterocycles. The highest BCUT2D eigenvalue weighted by Gasteiger charge is 2.28. The van der Waals surface area contributed by atoms with E-state index in [0.29, 0.717) is 5.69 Å². The highest BCUT2D eigenvalue weighted by Crippen LogP contribution is 2.28. The quantitative estimate of drug-likeness (QED) is 0.677. The molecule has 0 aliphatic carbocycles. The number of fused-ring (bicyclic) bond motifs is 1. The highest BCUT2D eigenvalue weighted by molar-refractivity contribution is 5.90. The number of allylic oxidation sites excluding steroid dienone is 2. The van der Waals surface area contributed by atoms with Crippen molar-refractivity contribution in [1.29, 1.82) is 0 Å². The molecule has 0 saturated carbocycles. The number of carbonyl (C=O) groups excluding carboxylic acids is 1. The molecule has 0 spiro atoms. The van der Waals surface area contributed by atoms with E-state index in [2.05, 4.69) is 25.2 Å². The van der Waals surface area contributed by atoms with Crippen molar-refractivity contribution in [2.45, 2.75) is 46.2 Å². The van der Waals surface area contributed by atoms with Crippen molar-refractivity contribution in [2.75, 3.05) is 5.32 Å². The summed E-state index contributed by atoms with van der Waals surface area (Å²) >= 11 is 0. The van der Waals surface area contributed by atoms with Crippen LogP contribution in [0.5, 0.6) is 0 Å². The minimum absolute atomic E-state index is 0.0722. The number of anilines is 1. The fourth-order valence-electron chi connectivity index (χ4n) is 3.41. The zero-order valence-electron chi connectivity index (χ0n) is 15.7. The van der Waals surface area contributed by atoms with E-state index in [1.165, 1.54) is 10.5 Å². The van der Waals surface area contributed by atoms with Gasteiger partial charge in [-0.15, -0.1) is 0 Å². The lowest BCUT2D eigenvalue weighted by Gasteiger charge is -2.17. The fraction of sp³-hybridized carbons (Fsp3) is 0.318. The average Bonchev–Trinajstić information content (AvgIpc) is 3.12. The molecule has 0 saturated heterocycles. The molecule has 0 bridgehead atoms. The Labute approximate surface area is 158 Å². The maximum absolute atomic E-state index is 13.8. The lowest BCUT2D eigenvalue weighted by Crippen LogP contribution is -2.30. The Balaban J connectivity index is 1.68. The molecule has 1 N–H and O–H groups in total. The molecule has 142 valence electrons. The molecule has 0 fully saturated rings. The van der Waals surface area contributed by atoms with E-state index in [9.17, 15) is 13.6 Å². The Morgan fingerprint density at radius 3 is 2.15 bits per heavy atom. The van der Waals surface area contributed by atoms with Gasteiger partial charge >= 0.3 is 6.03 Å². The number of nitrogens with zero attached hydrogens (tertiary/aromatic N) is 1. The minimum Gasteiger partial charge on any atom is -0.316 e. The van der Waals surface area contributed by atoms with Crippen molar-refractivity contribution in [3.8, 4) is 0 Å². The Morgan fingerprint density at radius 2 is 1.63 bits per heavy atom. The van der Waals surface area contributed by atoms with Crippen molar-refractivity contribution < 1.29 is 13.6 Å². The predicted molar refractivity (Wildman–Crippen MR) is 104 cm³/mol. The molecule has 0 radical (unpaired) electrons. The summed E-state index contributed by atoms with van der Waals surface area (Å²) in [6, 6.07) is 9.54. The van der Waals surface area contributed by atoms with Gasteiger partial charge in [-0.3, -0.25) is 0 Å². The number of rotatable bonds is 5. The molecule has 1 heterocycles. The average molecular weight is 370 g/mol. The summed E-state index contributed by atoms with van der Waals surface area (Å²) in [7, 11) is 0. The van der Waals surface area contributed by atoms with Crippen molar-refractivity contribution in [2.24, 2.45) is 0 Å². The van der Waals surface area contributed by atoms with E-state index in [0.717, 1.165) is 37.0 Å². The summed E-state index contributed by atoms with van der Waals surface area (Å²) in [5, 5.41) is 2.81. The molecule has 0 atom stereocenters. The highest BCUT2D eigenvalue weighted by atomic mass is 19.1. The van der Waals surface area contributed by atoms with Crippen LogP contribution in [0.4, 0.5) is 19.3 Å². The molecule has 0 aromatic heterocycles. The number of hydrogen-bond donors (Lipinski definition) is 1. The van der Waals surface area contributed by atoms with Crippen LogP contribution in [0, 0.1) is 11.6 Å². The molecule has 3 rings (SSSR count). The molecular formula is C22H24F2N2O. The van der Waals surface area contributed by atoms with Crippen molar-refractivity contribution in [3.05, 3.63) is 70.8 Å². The zero-order chi connectivity index (χ0) is 19.4. The van der Waals surface area contributed by atoms with Crippen LogP contribution >= 0.6 is 0 Å². The second-order valence-electron chi connectivity index (χ2n) is 6.74. The number of halogens is 2. The summed E-state index contributed by atoms with van der Waals surface area (Å²) in [5.74, 6) is -0.950. The molecule has 3 nitrogen and oxygen atoms in total. The molecule has 2 aromatic carbocycles. The molecular weight excluding hydrogens is 346 g/mol. The van der Waals surface area contributed by atoms with Crippen LogP contribution in [0.25, 0.3) is 5.57 Å². The number of benzene rings is 2. The third kappa shape index (κ3) is 4.18. The molecule has 27 heavy (non-hydrogen) atoms. The van der Waals surface area contributed by atoms with E-state index in [1.54, 1.807) is 0 Å². The number of carbonyl (C=O) groups is 1. The van der Waals surface area contributed by atoms with E-state index in [-0.39, 0.29) is 30.2 Å². The molecule has 2 aromatic rings. The van der Waals surface area contributed by atoms with Gasteiger partial charge in [-0.05, 0) is 48.2 Å². The summed E-state index contributed by atoms with van der Waals surface area (Å²) in [4.78, 5) is 13.9. The van der Waals surface area contributed by atoms with Crippen LogP contribution in [0.3, 0.4) is 0 Å². The lowest BCUT2D eigenvalue weighted by atomic mass is 10.00. The van der Waals surface area contributed by atoms with Crippen molar-refractivity contribution >= 4 is 17.3 Å². The van der Waals surface area contributed by atoms with Gasteiger partial charge in [0.2, 0.25) is 0 Å². The summed E-state index contributed by atoms with van der Waals surface area (Å²) in [6.07, 6.45) is 5.30. The van der Waals surface area contributed by atoms with Gasteiger partial charge in [-0.1, -0.05) is 38.5 Å². The first-order chi connectivity index (χ1) is 13.0. The largest absolute Gasteiger partial charge is 0.322 e. The van der Waals surface area contributed by atoms with Crippen LogP contribution in [0.2, 0.25) is 0 Å². The first kappa shape index (κ1) is 19.1. The normalized spacial score (nSPS) is 13.6.